The highest BCUT2D eigenvalue weighted by molar-refractivity contribution is 7.12. The third-order valence-corrected chi connectivity index (χ3v) is 5.64. The van der Waals surface area contributed by atoms with Gasteiger partial charge in [0.25, 0.3) is 11.8 Å². The minimum Gasteiger partial charge on any atom is -0.493 e. The maximum absolute atomic E-state index is 12.9. The second kappa shape index (κ2) is 9.49. The quantitative estimate of drug-likeness (QED) is 0.260. The lowest BCUT2D eigenvalue weighted by atomic mass is 10.1. The second-order valence-electron chi connectivity index (χ2n) is 6.97. The van der Waals surface area contributed by atoms with Crippen molar-refractivity contribution in [2.45, 2.75) is 6.54 Å². The number of thiophene rings is 1. The Balaban J connectivity index is 1.58. The van der Waals surface area contributed by atoms with Crippen LogP contribution in [-0.4, -0.2) is 35.8 Å². The summed E-state index contributed by atoms with van der Waals surface area (Å²) in [5.41, 5.74) is 1.000. The van der Waals surface area contributed by atoms with Crippen molar-refractivity contribution in [3.05, 3.63) is 87.6 Å². The van der Waals surface area contributed by atoms with Gasteiger partial charge in [0.05, 0.1) is 13.7 Å². The molecule has 166 valence electrons. The fourth-order valence-electron chi connectivity index (χ4n) is 3.17. The third kappa shape index (κ3) is 4.83. The van der Waals surface area contributed by atoms with E-state index in [9.17, 15) is 19.2 Å². The van der Waals surface area contributed by atoms with E-state index >= 15 is 0 Å². The highest BCUT2D eigenvalue weighted by Gasteiger charge is 2.35. The number of benzene rings is 2. The molecule has 1 N–H and O–H groups in total. The summed E-state index contributed by atoms with van der Waals surface area (Å²) in [5, 5.41) is 3.96. The van der Waals surface area contributed by atoms with Crippen LogP contribution in [0.25, 0.3) is 6.08 Å². The van der Waals surface area contributed by atoms with Crippen molar-refractivity contribution in [1.29, 1.82) is 0 Å². The summed E-state index contributed by atoms with van der Waals surface area (Å²) in [6, 6.07) is 16.2. The number of rotatable bonds is 6. The Labute approximate surface area is 193 Å². The molecule has 9 heteroatoms. The molecule has 0 saturated carbocycles. The topological polar surface area (TPSA) is 102 Å². The summed E-state index contributed by atoms with van der Waals surface area (Å²) in [7, 11) is 1.41. The minimum absolute atomic E-state index is 0.0249. The summed E-state index contributed by atoms with van der Waals surface area (Å²) in [6.45, 7) is 0.0249. The fraction of sp³-hybridized carbons (Fsp3) is 0.0833. The molecule has 33 heavy (non-hydrogen) atoms. The van der Waals surface area contributed by atoms with Crippen molar-refractivity contribution in [2.75, 3.05) is 7.11 Å². The molecule has 3 aromatic rings. The summed E-state index contributed by atoms with van der Waals surface area (Å²) < 4.78 is 10.7. The zero-order chi connectivity index (χ0) is 23.4. The number of amides is 4. The van der Waals surface area contributed by atoms with E-state index in [2.05, 4.69) is 5.32 Å². The first-order valence-corrected chi connectivity index (χ1v) is 10.7. The second-order valence-corrected chi connectivity index (χ2v) is 7.92. The van der Waals surface area contributed by atoms with Crippen LogP contribution >= 0.6 is 11.3 Å². The Bertz CT molecular complexity index is 1250. The average Bonchev–Trinajstić information content (AvgIpc) is 3.36. The first-order chi connectivity index (χ1) is 16.0. The van der Waals surface area contributed by atoms with Crippen molar-refractivity contribution < 1.29 is 28.7 Å². The highest BCUT2D eigenvalue weighted by Crippen LogP contribution is 2.30. The van der Waals surface area contributed by atoms with Gasteiger partial charge in [0, 0.05) is 0 Å². The first-order valence-electron chi connectivity index (χ1n) is 9.83. The van der Waals surface area contributed by atoms with Crippen molar-refractivity contribution in [3.8, 4) is 11.5 Å². The van der Waals surface area contributed by atoms with E-state index in [1.807, 2.05) is 6.07 Å². The van der Waals surface area contributed by atoms with Gasteiger partial charge in [-0.1, -0.05) is 42.5 Å². The van der Waals surface area contributed by atoms with Crippen molar-refractivity contribution in [3.63, 3.8) is 0 Å². The van der Waals surface area contributed by atoms with Gasteiger partial charge in [-0.25, -0.2) is 9.59 Å². The molecule has 2 heterocycles. The molecule has 0 spiro atoms. The summed E-state index contributed by atoms with van der Waals surface area (Å²) in [6.07, 6.45) is 1.36. The molecule has 1 aliphatic rings. The number of nitrogens with zero attached hydrogens (tertiary/aromatic N) is 1. The lowest BCUT2D eigenvalue weighted by Gasteiger charge is -2.26. The molecule has 1 aliphatic heterocycles. The van der Waals surface area contributed by atoms with Crippen molar-refractivity contribution in [1.82, 2.24) is 10.2 Å². The molecule has 0 radical (unpaired) electrons. The highest BCUT2D eigenvalue weighted by atomic mass is 32.1. The van der Waals surface area contributed by atoms with Gasteiger partial charge < -0.3 is 9.47 Å². The van der Waals surface area contributed by atoms with Crippen LogP contribution in [0.2, 0.25) is 0 Å². The molecule has 0 atom stereocenters. The first kappa shape index (κ1) is 22.0. The van der Waals surface area contributed by atoms with Gasteiger partial charge in [-0.15, -0.1) is 11.3 Å². The van der Waals surface area contributed by atoms with E-state index in [0.29, 0.717) is 10.4 Å². The van der Waals surface area contributed by atoms with Gasteiger partial charge in [-0.05, 0) is 40.8 Å². The molecule has 8 nitrogen and oxygen atoms in total. The van der Waals surface area contributed by atoms with E-state index < -0.39 is 23.8 Å². The van der Waals surface area contributed by atoms with Crippen LogP contribution in [0.15, 0.2) is 71.6 Å². The smallest absolute Gasteiger partial charge is 0.353 e. The molecule has 1 saturated heterocycles. The Morgan fingerprint density at radius 1 is 1.03 bits per heavy atom. The van der Waals surface area contributed by atoms with E-state index in [1.165, 1.54) is 36.7 Å². The minimum atomic E-state index is -0.790. The van der Waals surface area contributed by atoms with E-state index in [-0.39, 0.29) is 23.6 Å². The Hall–Kier alpha value is -4.24. The van der Waals surface area contributed by atoms with Gasteiger partial charge >= 0.3 is 12.0 Å². The van der Waals surface area contributed by atoms with Gasteiger partial charge in [0.2, 0.25) is 0 Å². The van der Waals surface area contributed by atoms with Crippen LogP contribution in [0.5, 0.6) is 11.5 Å². The Morgan fingerprint density at radius 3 is 2.52 bits per heavy atom. The van der Waals surface area contributed by atoms with E-state index in [1.54, 1.807) is 47.8 Å². The van der Waals surface area contributed by atoms with Crippen LogP contribution in [0.1, 0.15) is 20.8 Å². The van der Waals surface area contributed by atoms with Gasteiger partial charge in [0.1, 0.15) is 10.5 Å². The maximum atomic E-state index is 12.9. The van der Waals surface area contributed by atoms with Crippen LogP contribution in [0.4, 0.5) is 4.79 Å². The molecule has 4 rings (SSSR count). The molecule has 0 aliphatic carbocycles. The molecule has 1 aromatic heterocycles. The van der Waals surface area contributed by atoms with Crippen LogP contribution in [0.3, 0.4) is 0 Å². The average molecular weight is 462 g/mol. The fourth-order valence-corrected chi connectivity index (χ4v) is 3.77. The van der Waals surface area contributed by atoms with E-state index in [0.717, 1.165) is 10.5 Å². The number of methoxy groups -OCH3 is 1. The Kier molecular flexibility index (Phi) is 6.32. The lowest BCUT2D eigenvalue weighted by Crippen LogP contribution is -2.53. The number of hydrogen-bond acceptors (Lipinski definition) is 7. The number of barbiturate groups is 1. The number of urea groups is 1. The molecular weight excluding hydrogens is 444 g/mol. The number of imide groups is 2. The zero-order valence-corrected chi connectivity index (χ0v) is 18.3. The van der Waals surface area contributed by atoms with Crippen molar-refractivity contribution >= 4 is 41.2 Å². The molecule has 0 bridgehead atoms. The Morgan fingerprint density at radius 2 is 1.82 bits per heavy atom. The molecule has 2 aromatic carbocycles. The SMILES string of the molecule is COc1cc(C=C2C(=O)NC(=O)N(Cc3ccccc3)C2=O)ccc1OC(=O)c1cccs1. The van der Waals surface area contributed by atoms with Gasteiger partial charge in [-0.3, -0.25) is 19.8 Å². The van der Waals surface area contributed by atoms with Crippen LogP contribution in [0, 0.1) is 0 Å². The largest absolute Gasteiger partial charge is 0.493 e. The summed E-state index contributed by atoms with van der Waals surface area (Å²) in [5.74, 6) is -1.58. The maximum Gasteiger partial charge on any atom is 0.353 e. The normalized spacial score (nSPS) is 14.9. The predicted molar refractivity (Wildman–Crippen MR) is 121 cm³/mol. The zero-order valence-electron chi connectivity index (χ0n) is 17.4. The van der Waals surface area contributed by atoms with E-state index in [4.69, 9.17) is 9.47 Å². The number of carbonyl (C=O) groups is 4. The number of carbonyl (C=O) groups excluding carboxylic acids is 4. The third-order valence-electron chi connectivity index (χ3n) is 4.79. The van der Waals surface area contributed by atoms with Crippen LogP contribution < -0.4 is 14.8 Å². The van der Waals surface area contributed by atoms with Gasteiger partial charge in [-0.2, -0.15) is 0 Å². The molecule has 1 fully saturated rings. The van der Waals surface area contributed by atoms with Crippen molar-refractivity contribution in [2.24, 2.45) is 0 Å². The number of ether oxygens (including phenoxy) is 2. The molecular formula is C24H18N2O6S. The summed E-state index contributed by atoms with van der Waals surface area (Å²) >= 11 is 1.25. The number of esters is 1. The monoisotopic (exact) mass is 462 g/mol. The summed E-state index contributed by atoms with van der Waals surface area (Å²) in [4.78, 5) is 51.2. The predicted octanol–water partition coefficient (Wildman–Crippen LogP) is 3.64. The molecule has 4 amide bonds. The lowest BCUT2D eigenvalue weighted by molar-refractivity contribution is -0.130. The van der Waals surface area contributed by atoms with Crippen LogP contribution in [-0.2, 0) is 16.1 Å². The van der Waals surface area contributed by atoms with Gasteiger partial charge in [0.15, 0.2) is 11.5 Å². The number of hydrogen-bond donors (Lipinski definition) is 1. The number of nitrogens with one attached hydrogen (secondary N) is 1. The standard InChI is InChI=1S/C24H18N2O6S/c1-31-19-13-16(9-10-18(19)32-23(29)20-8-5-11-33-20)12-17-21(27)25-24(30)26(22(17)28)14-15-6-3-2-4-7-15/h2-13H,14H2,1H3,(H,25,27,30). The molecule has 0 unspecified atom stereocenters.